The zero-order chi connectivity index (χ0) is 30.0. The molecule has 1 saturated carbocycles. The second-order valence-electron chi connectivity index (χ2n) is 12.5. The van der Waals surface area contributed by atoms with Gasteiger partial charge in [0.2, 0.25) is 0 Å². The highest BCUT2D eigenvalue weighted by Gasteiger charge is 2.56. The summed E-state index contributed by atoms with van der Waals surface area (Å²) in [4.78, 5) is 30.6. The van der Waals surface area contributed by atoms with Gasteiger partial charge in [-0.2, -0.15) is 0 Å². The first-order valence-corrected chi connectivity index (χ1v) is 14.1. The number of ketones is 2. The number of carbonyl (C=O) groups excluding carboxylic acids is 2. The molecule has 0 unspecified atom stereocenters. The summed E-state index contributed by atoms with van der Waals surface area (Å²) in [5.41, 5.74) is 0.686. The average molecular weight is 553 g/mol. The van der Waals surface area contributed by atoms with Gasteiger partial charge in [-0.1, -0.05) is 55.4 Å². The van der Waals surface area contributed by atoms with Crippen molar-refractivity contribution < 1.29 is 30.0 Å². The number of carbonyl (C=O) groups is 2. The fourth-order valence-corrected chi connectivity index (χ4v) is 5.25. The van der Waals surface area contributed by atoms with Crippen LogP contribution in [-0.4, -0.2) is 58.2 Å². The van der Waals surface area contributed by atoms with Crippen LogP contribution in [0.2, 0.25) is 0 Å². The maximum Gasteiger partial charge on any atom is 0.173 e. The summed E-state index contributed by atoms with van der Waals surface area (Å²) in [5.74, 6) is -2.48. The van der Waals surface area contributed by atoms with Gasteiger partial charge in [0.25, 0.3) is 0 Å². The van der Waals surface area contributed by atoms with Gasteiger partial charge < -0.3 is 30.2 Å². The van der Waals surface area contributed by atoms with E-state index in [9.17, 15) is 30.0 Å². The summed E-state index contributed by atoms with van der Waals surface area (Å²) in [7, 11) is 0. The van der Waals surface area contributed by atoms with Crippen molar-refractivity contribution in [3.8, 4) is 23.0 Å². The maximum atomic E-state index is 13.2. The van der Waals surface area contributed by atoms with Crippen LogP contribution in [0.4, 0.5) is 11.4 Å². The highest BCUT2D eigenvalue weighted by molar-refractivity contribution is 6.50. The maximum absolute atomic E-state index is 13.2. The molecular weight excluding hydrogens is 508 g/mol. The Labute approximate surface area is 238 Å². The minimum Gasteiger partial charge on any atom is -0.507 e. The molecule has 0 aliphatic heterocycles. The molecule has 0 aromatic heterocycles. The molecule has 0 saturated heterocycles. The van der Waals surface area contributed by atoms with Crippen LogP contribution in [0.3, 0.4) is 0 Å². The summed E-state index contributed by atoms with van der Waals surface area (Å²) in [6.07, 6.45) is 0. The molecule has 3 rings (SSSR count). The summed E-state index contributed by atoms with van der Waals surface area (Å²) in [6, 6.07) is 5.81. The van der Waals surface area contributed by atoms with E-state index in [-0.39, 0.29) is 46.0 Å². The van der Waals surface area contributed by atoms with Crippen LogP contribution in [0.1, 0.15) is 66.5 Å². The summed E-state index contributed by atoms with van der Waals surface area (Å²) in [6.45, 7) is 19.4. The molecule has 218 valence electrons. The third-order valence-corrected chi connectivity index (χ3v) is 6.64. The smallest absolute Gasteiger partial charge is 0.173 e. The molecule has 1 aliphatic rings. The molecule has 8 nitrogen and oxygen atoms in total. The van der Waals surface area contributed by atoms with Gasteiger partial charge in [0.05, 0.1) is 11.1 Å². The monoisotopic (exact) mass is 552 g/mol. The van der Waals surface area contributed by atoms with Gasteiger partial charge in [0.15, 0.2) is 11.6 Å². The molecule has 4 N–H and O–H groups in total. The Kier molecular flexibility index (Phi) is 9.64. The number of benzene rings is 2. The van der Waals surface area contributed by atoms with Gasteiger partial charge in [-0.15, -0.1) is 0 Å². The van der Waals surface area contributed by atoms with Crippen molar-refractivity contribution in [1.29, 1.82) is 0 Å². The van der Waals surface area contributed by atoms with Crippen LogP contribution < -0.4 is 9.80 Å². The Morgan fingerprint density at radius 1 is 0.500 bits per heavy atom. The summed E-state index contributed by atoms with van der Waals surface area (Å²) >= 11 is 0. The Morgan fingerprint density at radius 3 is 0.925 bits per heavy atom. The Balaban J connectivity index is 1.92. The zero-order valence-electron chi connectivity index (χ0n) is 24.9. The third kappa shape index (κ3) is 6.65. The number of hydrogen-bond donors (Lipinski definition) is 4. The number of hydrogen-bond acceptors (Lipinski definition) is 8. The van der Waals surface area contributed by atoms with Crippen LogP contribution in [0.15, 0.2) is 24.3 Å². The lowest BCUT2D eigenvalue weighted by Crippen LogP contribution is -2.46. The van der Waals surface area contributed by atoms with E-state index < -0.39 is 11.6 Å². The molecule has 0 spiro atoms. The van der Waals surface area contributed by atoms with E-state index in [1.807, 2.05) is 9.80 Å². The van der Waals surface area contributed by atoms with Gasteiger partial charge in [-0.05, 0) is 23.7 Å². The quantitative estimate of drug-likeness (QED) is 0.275. The number of phenols is 4. The molecule has 2 aromatic carbocycles. The highest BCUT2D eigenvalue weighted by atomic mass is 16.3. The number of aromatic hydroxyl groups is 4. The van der Waals surface area contributed by atoms with Crippen molar-refractivity contribution in [1.82, 2.24) is 0 Å². The fraction of sp³-hybridized carbons (Fsp3) is 0.500. The van der Waals surface area contributed by atoms with E-state index in [0.29, 0.717) is 61.2 Å². The van der Waals surface area contributed by atoms with Crippen molar-refractivity contribution in [3.63, 3.8) is 0 Å². The Morgan fingerprint density at radius 2 is 0.725 bits per heavy atom. The second-order valence-corrected chi connectivity index (χ2v) is 12.5. The van der Waals surface area contributed by atoms with Crippen molar-refractivity contribution in [2.24, 2.45) is 23.7 Å². The van der Waals surface area contributed by atoms with E-state index in [0.717, 1.165) is 0 Å². The molecule has 1 aliphatic carbocycles. The van der Waals surface area contributed by atoms with Crippen LogP contribution in [0.25, 0.3) is 0 Å². The number of rotatable bonds is 12. The zero-order valence-corrected chi connectivity index (χ0v) is 24.9. The van der Waals surface area contributed by atoms with Gasteiger partial charge in [-0.3, -0.25) is 9.59 Å². The second kappa shape index (κ2) is 12.4. The summed E-state index contributed by atoms with van der Waals surface area (Å²) in [5, 5.41) is 43.4. The molecule has 40 heavy (non-hydrogen) atoms. The first-order chi connectivity index (χ1) is 18.6. The van der Waals surface area contributed by atoms with Crippen molar-refractivity contribution >= 4 is 22.9 Å². The van der Waals surface area contributed by atoms with Crippen molar-refractivity contribution in [3.05, 3.63) is 47.2 Å². The van der Waals surface area contributed by atoms with Gasteiger partial charge in [0.1, 0.15) is 34.8 Å². The molecule has 8 heteroatoms. The van der Waals surface area contributed by atoms with Crippen LogP contribution in [0.5, 0.6) is 23.0 Å². The number of nitrogens with zero attached hydrogens (tertiary/aromatic N) is 2. The van der Waals surface area contributed by atoms with E-state index in [1.165, 1.54) is 24.3 Å². The minimum absolute atomic E-state index is 0.243. The Bertz CT molecular complexity index is 1060. The lowest BCUT2D eigenvalue weighted by Gasteiger charge is -2.34. The van der Waals surface area contributed by atoms with Gasteiger partial charge in [0, 0.05) is 61.8 Å². The molecular formula is C32H44N2O6. The molecule has 0 atom stereocenters. The van der Waals surface area contributed by atoms with E-state index in [4.69, 9.17) is 0 Å². The average Bonchev–Trinajstić information content (AvgIpc) is 2.81. The molecule has 0 amide bonds. The lowest BCUT2D eigenvalue weighted by atomic mass is 9.65. The first-order valence-electron chi connectivity index (χ1n) is 14.1. The third-order valence-electron chi connectivity index (χ3n) is 6.64. The standard InChI is InChI=1S/C32H44N2O6/c1-17(2)13-33(14-18(3)4)21-9-23(35)27(24(36)10-21)29-31(39)30(32(29)40)28-25(37)11-22(12-26(28)38)34(15-19(5)6)16-20(7)8/h9-12,17-20,35-38H,13-16H2,1-8H3. The van der Waals surface area contributed by atoms with Gasteiger partial charge in [-0.25, -0.2) is 0 Å². The number of phenolic OH excluding ortho intramolecular Hbond substituents is 4. The lowest BCUT2D eigenvalue weighted by molar-refractivity contribution is -0.130. The SMILES string of the molecule is CC(C)CN(CC(C)C)c1cc(O)c([C]2C(=O)[C](c3c(O)cc(N(CC(C)C)CC(C)C)cc3O)C2=O)c(O)c1. The van der Waals surface area contributed by atoms with Crippen LogP contribution >= 0.6 is 0 Å². The highest BCUT2D eigenvalue weighted by Crippen LogP contribution is 2.51. The van der Waals surface area contributed by atoms with Crippen LogP contribution in [-0.2, 0) is 9.59 Å². The molecule has 0 heterocycles. The van der Waals surface area contributed by atoms with Crippen molar-refractivity contribution in [2.75, 3.05) is 36.0 Å². The molecule has 2 aromatic rings. The fourth-order valence-electron chi connectivity index (χ4n) is 5.25. The Hall–Kier alpha value is -3.42. The van der Waals surface area contributed by atoms with E-state index in [2.05, 4.69) is 55.4 Å². The van der Waals surface area contributed by atoms with Gasteiger partial charge >= 0.3 is 0 Å². The largest absolute Gasteiger partial charge is 0.507 e. The predicted octanol–water partition coefficient (Wildman–Crippen LogP) is 5.44. The summed E-state index contributed by atoms with van der Waals surface area (Å²) < 4.78 is 0. The van der Waals surface area contributed by atoms with E-state index in [1.54, 1.807) is 0 Å². The number of anilines is 2. The number of Topliss-reactive ketones (excluding diaryl/α,β-unsaturated/α-hetero) is 2. The normalized spacial score (nSPS) is 14.6. The molecule has 2 radical (unpaired) electrons. The predicted molar refractivity (Wildman–Crippen MR) is 158 cm³/mol. The first kappa shape index (κ1) is 31.1. The van der Waals surface area contributed by atoms with Crippen molar-refractivity contribution in [2.45, 2.75) is 55.4 Å². The molecule has 1 fully saturated rings. The topological polar surface area (TPSA) is 122 Å². The van der Waals surface area contributed by atoms with Crippen LogP contribution in [0, 0.1) is 35.5 Å². The minimum atomic E-state index is -0.760. The molecule has 0 bridgehead atoms. The van der Waals surface area contributed by atoms with E-state index >= 15 is 0 Å².